The van der Waals surface area contributed by atoms with E-state index in [1.54, 1.807) is 0 Å². The largest absolute Gasteiger partial charge is 0.389 e. The molecule has 5 atom stereocenters. The first-order valence-electron chi connectivity index (χ1n) is 8.13. The molecule has 130 valence electrons. The van der Waals surface area contributed by atoms with E-state index < -0.39 is 53.2 Å². The lowest BCUT2D eigenvalue weighted by Crippen LogP contribution is -2.47. The molecule has 1 aromatic rings. The van der Waals surface area contributed by atoms with Crippen molar-refractivity contribution in [3.05, 3.63) is 42.0 Å². The first-order chi connectivity index (χ1) is 11.9. The van der Waals surface area contributed by atoms with Crippen molar-refractivity contribution in [2.75, 3.05) is 4.90 Å². The Kier molecular flexibility index (Phi) is 3.57. The van der Waals surface area contributed by atoms with Crippen molar-refractivity contribution in [2.45, 2.75) is 18.9 Å². The molecule has 0 radical (unpaired) electrons. The number of fused-ring (bicyclic) bond motifs is 3. The second-order valence-corrected chi connectivity index (χ2v) is 6.75. The summed E-state index contributed by atoms with van der Waals surface area (Å²) in [4.78, 5) is 38.4. The quantitative estimate of drug-likeness (QED) is 0.783. The molecule has 2 amide bonds. The summed E-state index contributed by atoms with van der Waals surface area (Å²) in [5.74, 6) is -5.97. The van der Waals surface area contributed by atoms with E-state index in [1.807, 2.05) is 0 Å². The summed E-state index contributed by atoms with van der Waals surface area (Å²) in [5.41, 5.74) is -0.297. The number of ketones is 1. The van der Waals surface area contributed by atoms with Gasteiger partial charge in [0.15, 0.2) is 5.78 Å². The van der Waals surface area contributed by atoms with Crippen LogP contribution in [0.2, 0.25) is 0 Å². The number of amides is 2. The topological polar surface area (TPSA) is 74.7 Å². The number of aliphatic hydroxyl groups excluding tert-OH is 1. The summed E-state index contributed by atoms with van der Waals surface area (Å²) in [6.45, 7) is 0. The molecule has 2 fully saturated rings. The first kappa shape index (κ1) is 16.1. The van der Waals surface area contributed by atoms with Crippen molar-refractivity contribution in [3.63, 3.8) is 0 Å². The molecule has 1 heterocycles. The molecule has 3 aliphatic rings. The van der Waals surface area contributed by atoms with Gasteiger partial charge in [-0.15, -0.1) is 0 Å². The third kappa shape index (κ3) is 2.26. The molecular weight excluding hydrogens is 332 g/mol. The maximum atomic E-state index is 14.1. The second-order valence-electron chi connectivity index (χ2n) is 6.75. The Hall–Kier alpha value is -2.41. The van der Waals surface area contributed by atoms with Crippen LogP contribution < -0.4 is 4.90 Å². The Morgan fingerprint density at radius 2 is 1.76 bits per heavy atom. The SMILES string of the molecule is O=C1C=C[C@@H](O)[C@@H]2[C@H]3C(=O)N(c4ccc(F)cc4F)C(=O)[C@@H]3CC[C@@H]12. The molecule has 1 saturated carbocycles. The third-order valence-corrected chi connectivity index (χ3v) is 5.51. The molecule has 4 rings (SSSR count). The van der Waals surface area contributed by atoms with Crippen molar-refractivity contribution in [2.24, 2.45) is 23.7 Å². The number of allylic oxidation sites excluding steroid dienone is 1. The van der Waals surface area contributed by atoms with Crippen LogP contribution in [0.15, 0.2) is 30.4 Å². The number of aliphatic hydroxyl groups is 1. The standard InChI is InChI=1S/C18H15F2NO4/c19-8-1-4-12(11(20)7-8)21-17(24)10-3-2-9-13(22)5-6-14(23)15(9)16(10)18(21)25/h1,4-7,9-10,14-16,23H,2-3H2/t9-,10+,14+,15+,16-/m0/s1. The van der Waals surface area contributed by atoms with Crippen LogP contribution in [0.25, 0.3) is 0 Å². The fraction of sp³-hybridized carbons (Fsp3) is 0.389. The van der Waals surface area contributed by atoms with Crippen molar-refractivity contribution < 1.29 is 28.3 Å². The summed E-state index contributed by atoms with van der Waals surface area (Å²) in [6, 6.07) is 2.64. The minimum atomic E-state index is -1.01. The van der Waals surface area contributed by atoms with Crippen LogP contribution in [-0.2, 0) is 14.4 Å². The van der Waals surface area contributed by atoms with Crippen LogP contribution in [0.5, 0.6) is 0 Å². The predicted octanol–water partition coefficient (Wildman–Crippen LogP) is 1.60. The molecule has 1 N–H and O–H groups in total. The van der Waals surface area contributed by atoms with E-state index in [2.05, 4.69) is 0 Å². The van der Waals surface area contributed by atoms with Gasteiger partial charge in [0.25, 0.3) is 0 Å². The lowest BCUT2D eigenvalue weighted by molar-refractivity contribution is -0.135. The summed E-state index contributed by atoms with van der Waals surface area (Å²) in [6.07, 6.45) is 2.35. The first-order valence-corrected chi connectivity index (χ1v) is 8.13. The van der Waals surface area contributed by atoms with Gasteiger partial charge in [0.2, 0.25) is 11.8 Å². The van der Waals surface area contributed by atoms with E-state index in [1.165, 1.54) is 12.2 Å². The maximum Gasteiger partial charge on any atom is 0.238 e. The monoisotopic (exact) mass is 347 g/mol. The molecule has 0 aromatic heterocycles. The number of rotatable bonds is 1. The Morgan fingerprint density at radius 1 is 1.04 bits per heavy atom. The molecule has 5 nitrogen and oxygen atoms in total. The number of carbonyl (C=O) groups excluding carboxylic acids is 3. The van der Waals surface area contributed by atoms with Gasteiger partial charge in [-0.25, -0.2) is 13.7 Å². The molecule has 2 aliphatic carbocycles. The summed E-state index contributed by atoms with van der Waals surface area (Å²) in [7, 11) is 0. The van der Waals surface area contributed by atoms with Gasteiger partial charge in [-0.05, 0) is 31.1 Å². The van der Waals surface area contributed by atoms with E-state index in [4.69, 9.17) is 0 Å². The fourth-order valence-corrected chi connectivity index (χ4v) is 4.41. The normalized spacial score (nSPS) is 34.3. The number of benzene rings is 1. The van der Waals surface area contributed by atoms with Crippen molar-refractivity contribution >= 4 is 23.3 Å². The van der Waals surface area contributed by atoms with Crippen molar-refractivity contribution in [1.82, 2.24) is 0 Å². The van der Waals surface area contributed by atoms with Crippen LogP contribution in [0.4, 0.5) is 14.5 Å². The van der Waals surface area contributed by atoms with E-state index in [9.17, 15) is 28.3 Å². The van der Waals surface area contributed by atoms with E-state index in [0.717, 1.165) is 17.0 Å². The van der Waals surface area contributed by atoms with E-state index in [0.29, 0.717) is 18.9 Å². The van der Waals surface area contributed by atoms with Crippen LogP contribution in [0.3, 0.4) is 0 Å². The molecule has 0 unspecified atom stereocenters. The number of hydrogen-bond acceptors (Lipinski definition) is 4. The molecular formula is C18H15F2NO4. The molecule has 1 aliphatic heterocycles. The highest BCUT2D eigenvalue weighted by Gasteiger charge is 2.58. The van der Waals surface area contributed by atoms with E-state index in [-0.39, 0.29) is 11.5 Å². The minimum Gasteiger partial charge on any atom is -0.389 e. The Labute approximate surface area is 141 Å². The van der Waals surface area contributed by atoms with Gasteiger partial charge in [-0.1, -0.05) is 6.08 Å². The molecule has 25 heavy (non-hydrogen) atoms. The zero-order valence-electron chi connectivity index (χ0n) is 13.1. The van der Waals surface area contributed by atoms with Crippen molar-refractivity contribution in [1.29, 1.82) is 0 Å². The molecule has 0 bridgehead atoms. The summed E-state index contributed by atoms with van der Waals surface area (Å²) < 4.78 is 27.2. The molecule has 1 aromatic carbocycles. The number of hydrogen-bond donors (Lipinski definition) is 1. The van der Waals surface area contributed by atoms with Gasteiger partial charge in [-0.2, -0.15) is 0 Å². The van der Waals surface area contributed by atoms with Gasteiger partial charge >= 0.3 is 0 Å². The Bertz CT molecular complexity index is 821. The lowest BCUT2D eigenvalue weighted by Gasteiger charge is -2.40. The Balaban J connectivity index is 1.76. The fourth-order valence-electron chi connectivity index (χ4n) is 4.41. The third-order valence-electron chi connectivity index (χ3n) is 5.51. The zero-order valence-corrected chi connectivity index (χ0v) is 13.1. The maximum absolute atomic E-state index is 14.1. The average Bonchev–Trinajstić information content (AvgIpc) is 2.83. The number of nitrogens with zero attached hydrogens (tertiary/aromatic N) is 1. The zero-order chi connectivity index (χ0) is 17.9. The average molecular weight is 347 g/mol. The lowest BCUT2D eigenvalue weighted by atomic mass is 9.62. The summed E-state index contributed by atoms with van der Waals surface area (Å²) >= 11 is 0. The van der Waals surface area contributed by atoms with Gasteiger partial charge < -0.3 is 5.11 Å². The smallest absolute Gasteiger partial charge is 0.238 e. The minimum absolute atomic E-state index is 0.166. The number of halogens is 2. The number of imide groups is 1. The van der Waals surface area contributed by atoms with Crippen LogP contribution in [-0.4, -0.2) is 28.8 Å². The highest BCUT2D eigenvalue weighted by molar-refractivity contribution is 6.22. The molecule has 0 spiro atoms. The predicted molar refractivity (Wildman–Crippen MR) is 82.2 cm³/mol. The Morgan fingerprint density at radius 3 is 2.48 bits per heavy atom. The van der Waals surface area contributed by atoms with Crippen molar-refractivity contribution in [3.8, 4) is 0 Å². The van der Waals surface area contributed by atoms with Crippen LogP contribution in [0, 0.1) is 35.3 Å². The summed E-state index contributed by atoms with van der Waals surface area (Å²) in [5, 5.41) is 10.3. The number of carbonyl (C=O) groups is 3. The highest BCUT2D eigenvalue weighted by Crippen LogP contribution is 2.49. The molecule has 7 heteroatoms. The number of anilines is 1. The van der Waals surface area contributed by atoms with Gasteiger partial charge in [0, 0.05) is 17.9 Å². The van der Waals surface area contributed by atoms with E-state index >= 15 is 0 Å². The highest BCUT2D eigenvalue weighted by atomic mass is 19.1. The van der Waals surface area contributed by atoms with Gasteiger partial charge in [0.05, 0.1) is 23.6 Å². The van der Waals surface area contributed by atoms with Gasteiger partial charge in [0.1, 0.15) is 11.6 Å². The van der Waals surface area contributed by atoms with Gasteiger partial charge in [-0.3, -0.25) is 14.4 Å². The molecule has 1 saturated heterocycles. The second kappa shape index (κ2) is 5.56. The van der Waals surface area contributed by atoms with Crippen LogP contribution in [0.1, 0.15) is 12.8 Å². The van der Waals surface area contributed by atoms with Crippen LogP contribution >= 0.6 is 0 Å².